The first kappa shape index (κ1) is 17.6. The van der Waals surface area contributed by atoms with Crippen LogP contribution in [0.5, 0.6) is 11.5 Å². The smallest absolute Gasteiger partial charge is 0.238 e. The van der Waals surface area contributed by atoms with Gasteiger partial charge in [-0.1, -0.05) is 0 Å². The molecule has 1 fully saturated rings. The van der Waals surface area contributed by atoms with Crippen molar-refractivity contribution in [3.05, 3.63) is 17.7 Å². The number of ether oxygens (including phenoxy) is 2. The number of hydrogen-bond acceptors (Lipinski definition) is 5. The Kier molecular flexibility index (Phi) is 5.48. The summed E-state index contributed by atoms with van der Waals surface area (Å²) < 4.78 is 34.0. The summed E-state index contributed by atoms with van der Waals surface area (Å²) in [5.41, 5.74) is 0.320. The zero-order chi connectivity index (χ0) is 17.0. The summed E-state index contributed by atoms with van der Waals surface area (Å²) >= 11 is 0. The number of nitrogens with zero attached hydrogens (tertiary/aromatic N) is 1. The van der Waals surface area contributed by atoms with Crippen molar-refractivity contribution in [3.8, 4) is 11.5 Å². The maximum Gasteiger partial charge on any atom is 0.238 e. The summed E-state index contributed by atoms with van der Waals surface area (Å²) in [6, 6.07) is 2.80. The molecule has 0 unspecified atom stereocenters. The molecule has 128 valence electrons. The summed E-state index contributed by atoms with van der Waals surface area (Å²) in [4.78, 5) is 14.1. The molecule has 2 rings (SSSR count). The van der Waals surface area contributed by atoms with Gasteiger partial charge in [-0.3, -0.25) is 4.79 Å². The molecule has 0 radical (unpaired) electrons. The van der Waals surface area contributed by atoms with Crippen LogP contribution in [-0.4, -0.2) is 46.5 Å². The van der Waals surface area contributed by atoms with Gasteiger partial charge in [0, 0.05) is 19.2 Å². The van der Waals surface area contributed by atoms with Crippen LogP contribution in [-0.2, 0) is 21.2 Å². The molecule has 0 atom stereocenters. The molecule has 1 saturated heterocycles. The van der Waals surface area contributed by atoms with E-state index in [1.165, 1.54) is 26.4 Å². The minimum atomic E-state index is -3.97. The quantitative estimate of drug-likeness (QED) is 0.857. The van der Waals surface area contributed by atoms with Crippen molar-refractivity contribution in [1.82, 2.24) is 4.90 Å². The van der Waals surface area contributed by atoms with Crippen molar-refractivity contribution in [3.63, 3.8) is 0 Å². The zero-order valence-corrected chi connectivity index (χ0v) is 14.2. The Bertz CT molecular complexity index is 681. The molecule has 0 saturated carbocycles. The number of amides is 1. The largest absolute Gasteiger partial charge is 0.493 e. The van der Waals surface area contributed by atoms with Crippen molar-refractivity contribution in [1.29, 1.82) is 0 Å². The van der Waals surface area contributed by atoms with E-state index in [1.54, 1.807) is 4.90 Å². The first-order valence-electron chi connectivity index (χ1n) is 7.42. The Labute approximate surface area is 136 Å². The van der Waals surface area contributed by atoms with Gasteiger partial charge < -0.3 is 14.4 Å². The van der Waals surface area contributed by atoms with Crippen LogP contribution in [0.15, 0.2) is 17.0 Å². The third-order valence-corrected chi connectivity index (χ3v) is 4.92. The number of carbonyl (C=O) groups is 1. The summed E-state index contributed by atoms with van der Waals surface area (Å²) in [6.07, 6.45) is 3.02. The van der Waals surface area contributed by atoms with E-state index in [1.807, 2.05) is 0 Å². The maximum atomic E-state index is 12.4. The highest BCUT2D eigenvalue weighted by molar-refractivity contribution is 7.89. The fourth-order valence-corrected chi connectivity index (χ4v) is 3.49. The number of rotatable bonds is 5. The molecule has 7 nitrogen and oxygen atoms in total. The van der Waals surface area contributed by atoms with E-state index in [4.69, 9.17) is 14.6 Å². The number of sulfonamides is 1. The molecule has 0 aromatic heterocycles. The number of piperidine rings is 1. The molecule has 1 aliphatic rings. The number of benzene rings is 1. The third kappa shape index (κ3) is 4.14. The Morgan fingerprint density at radius 3 is 2.22 bits per heavy atom. The van der Waals surface area contributed by atoms with Gasteiger partial charge in [-0.25, -0.2) is 13.6 Å². The van der Waals surface area contributed by atoms with E-state index < -0.39 is 10.0 Å². The Balaban J connectivity index is 2.37. The molecule has 1 aromatic rings. The fraction of sp³-hybridized carbons (Fsp3) is 0.533. The van der Waals surface area contributed by atoms with Gasteiger partial charge in [0.25, 0.3) is 0 Å². The van der Waals surface area contributed by atoms with Gasteiger partial charge in [-0.05, 0) is 30.9 Å². The van der Waals surface area contributed by atoms with Crippen molar-refractivity contribution in [2.24, 2.45) is 5.14 Å². The lowest BCUT2D eigenvalue weighted by atomic mass is 10.1. The first-order chi connectivity index (χ1) is 10.9. The molecule has 1 heterocycles. The van der Waals surface area contributed by atoms with Gasteiger partial charge in [0.1, 0.15) is 0 Å². The lowest BCUT2D eigenvalue weighted by Gasteiger charge is -2.27. The van der Waals surface area contributed by atoms with Crippen molar-refractivity contribution < 1.29 is 22.7 Å². The second-order valence-corrected chi connectivity index (χ2v) is 7.01. The Morgan fingerprint density at radius 2 is 1.70 bits per heavy atom. The molecule has 0 spiro atoms. The number of methoxy groups -OCH3 is 2. The summed E-state index contributed by atoms with van der Waals surface area (Å²) in [6.45, 7) is 1.41. The molecule has 1 aliphatic heterocycles. The lowest BCUT2D eigenvalue weighted by molar-refractivity contribution is -0.131. The molecule has 8 heteroatoms. The van der Waals surface area contributed by atoms with Crippen LogP contribution in [0.2, 0.25) is 0 Å². The van der Waals surface area contributed by atoms with Crippen molar-refractivity contribution >= 4 is 15.9 Å². The number of hydrogen-bond donors (Lipinski definition) is 1. The van der Waals surface area contributed by atoms with Crippen molar-refractivity contribution in [2.45, 2.75) is 30.6 Å². The number of primary sulfonamides is 1. The van der Waals surface area contributed by atoms with E-state index in [9.17, 15) is 13.2 Å². The summed E-state index contributed by atoms with van der Waals surface area (Å²) in [5.74, 6) is 0.508. The van der Waals surface area contributed by atoms with Crippen LogP contribution < -0.4 is 14.6 Å². The van der Waals surface area contributed by atoms with Gasteiger partial charge in [-0.15, -0.1) is 0 Å². The van der Waals surface area contributed by atoms with Crippen LogP contribution in [0.4, 0.5) is 0 Å². The normalized spacial score (nSPS) is 15.3. The molecular weight excluding hydrogens is 320 g/mol. The fourth-order valence-electron chi connectivity index (χ4n) is 2.72. The van der Waals surface area contributed by atoms with Crippen LogP contribution in [0.3, 0.4) is 0 Å². The molecule has 23 heavy (non-hydrogen) atoms. The Hall–Kier alpha value is -1.80. The SMILES string of the molecule is COc1cc(CC(=O)N2CCCCC2)c(S(N)(=O)=O)cc1OC. The zero-order valence-electron chi connectivity index (χ0n) is 13.4. The summed E-state index contributed by atoms with van der Waals surface area (Å²) in [5, 5.41) is 5.28. The van der Waals surface area contributed by atoms with E-state index in [0.717, 1.165) is 19.3 Å². The minimum absolute atomic E-state index is 0.0356. The highest BCUT2D eigenvalue weighted by atomic mass is 32.2. The Morgan fingerprint density at radius 1 is 1.13 bits per heavy atom. The number of nitrogens with two attached hydrogens (primary N) is 1. The van der Waals surface area contributed by atoms with Crippen LogP contribution in [0.25, 0.3) is 0 Å². The second kappa shape index (κ2) is 7.18. The third-order valence-electron chi connectivity index (χ3n) is 3.92. The predicted octanol–water partition coefficient (Wildman–Crippen LogP) is 0.906. The van der Waals surface area contributed by atoms with E-state index in [0.29, 0.717) is 24.4 Å². The van der Waals surface area contributed by atoms with Crippen LogP contribution >= 0.6 is 0 Å². The van der Waals surface area contributed by atoms with Crippen LogP contribution in [0, 0.1) is 0 Å². The number of likely N-dealkylation sites (tertiary alicyclic amines) is 1. The standard InChI is InChI=1S/C15H22N2O5S/c1-21-12-8-11(9-15(18)17-6-4-3-5-7-17)14(23(16,19)20)10-13(12)22-2/h8,10H,3-7,9H2,1-2H3,(H2,16,19,20). The highest BCUT2D eigenvalue weighted by Crippen LogP contribution is 2.32. The topological polar surface area (TPSA) is 98.9 Å². The van der Waals surface area contributed by atoms with E-state index in [-0.39, 0.29) is 23.0 Å². The predicted molar refractivity (Wildman–Crippen MR) is 85.1 cm³/mol. The lowest BCUT2D eigenvalue weighted by Crippen LogP contribution is -2.36. The minimum Gasteiger partial charge on any atom is -0.493 e. The van der Waals surface area contributed by atoms with Crippen LogP contribution in [0.1, 0.15) is 24.8 Å². The first-order valence-corrected chi connectivity index (χ1v) is 8.97. The molecule has 1 amide bonds. The summed E-state index contributed by atoms with van der Waals surface area (Å²) in [7, 11) is -1.12. The highest BCUT2D eigenvalue weighted by Gasteiger charge is 2.23. The van der Waals surface area contributed by atoms with Gasteiger partial charge >= 0.3 is 0 Å². The average molecular weight is 342 g/mol. The molecule has 2 N–H and O–H groups in total. The molecule has 0 aliphatic carbocycles. The van der Waals surface area contributed by atoms with Crippen molar-refractivity contribution in [2.75, 3.05) is 27.3 Å². The molecular formula is C15H22N2O5S. The van der Waals surface area contributed by atoms with E-state index in [2.05, 4.69) is 0 Å². The average Bonchev–Trinajstić information content (AvgIpc) is 2.54. The van der Waals surface area contributed by atoms with Gasteiger partial charge in [0.2, 0.25) is 15.9 Å². The molecule has 0 bridgehead atoms. The van der Waals surface area contributed by atoms with E-state index >= 15 is 0 Å². The second-order valence-electron chi connectivity index (χ2n) is 5.48. The van der Waals surface area contributed by atoms with Gasteiger partial charge in [0.05, 0.1) is 25.5 Å². The molecule has 1 aromatic carbocycles. The van der Waals surface area contributed by atoms with Gasteiger partial charge in [-0.2, -0.15) is 0 Å². The monoisotopic (exact) mass is 342 g/mol. The van der Waals surface area contributed by atoms with Gasteiger partial charge in [0.15, 0.2) is 11.5 Å². The maximum absolute atomic E-state index is 12.4. The number of carbonyl (C=O) groups excluding carboxylic acids is 1.